The largest absolute Gasteiger partial charge is 0.427 e. The van der Waals surface area contributed by atoms with Gasteiger partial charge < -0.3 is 9.76 Å². The van der Waals surface area contributed by atoms with Crippen molar-refractivity contribution < 1.29 is 18.5 Å². The van der Waals surface area contributed by atoms with E-state index in [1.807, 2.05) is 0 Å². The summed E-state index contributed by atoms with van der Waals surface area (Å²) >= 11 is 0. The van der Waals surface area contributed by atoms with Crippen molar-refractivity contribution in [2.24, 2.45) is 0 Å². The fourth-order valence-electron chi connectivity index (χ4n) is 2.26. The predicted octanol–water partition coefficient (Wildman–Crippen LogP) is 2.44. The Balaban J connectivity index is 1.93. The van der Waals surface area contributed by atoms with Gasteiger partial charge in [0.1, 0.15) is 0 Å². The second kappa shape index (κ2) is 5.93. The summed E-state index contributed by atoms with van der Waals surface area (Å²) in [5, 5.41) is 14.3. The van der Waals surface area contributed by atoms with Gasteiger partial charge in [-0.05, 0) is 46.0 Å². The molecule has 1 fully saturated rings. The number of aliphatic hydroxyl groups is 1. The number of alkyl halides is 2. The number of nitrogens with zero attached hydrogens (tertiary/aromatic N) is 2. The fraction of sp³-hybridized carbons (Fsp3) is 0.800. The Labute approximate surface area is 131 Å². The smallest absolute Gasteiger partial charge is 0.334 e. The van der Waals surface area contributed by atoms with Gasteiger partial charge in [0.2, 0.25) is 5.92 Å². The van der Waals surface area contributed by atoms with Gasteiger partial charge >= 0.3 is 7.48 Å². The SMILES string of the molecule is CC(C)(O)C(C)(C)O[B]c1cnn(C2CCC(F)(F)CC2)c1. The van der Waals surface area contributed by atoms with E-state index in [0.717, 1.165) is 5.46 Å². The first-order valence-corrected chi connectivity index (χ1v) is 7.66. The third kappa shape index (κ3) is 4.07. The monoisotopic (exact) mass is 313 g/mol. The first kappa shape index (κ1) is 17.4. The summed E-state index contributed by atoms with van der Waals surface area (Å²) in [7, 11) is 1.55. The molecule has 123 valence electrons. The summed E-state index contributed by atoms with van der Waals surface area (Å²) in [6.07, 6.45) is 4.15. The summed E-state index contributed by atoms with van der Waals surface area (Å²) < 4.78 is 33.8. The molecule has 0 aliphatic heterocycles. The molecule has 0 aromatic carbocycles. The lowest BCUT2D eigenvalue weighted by atomic mass is 9.84. The van der Waals surface area contributed by atoms with Gasteiger partial charge in [0.25, 0.3) is 0 Å². The Kier molecular flexibility index (Phi) is 4.69. The zero-order chi connectivity index (χ0) is 16.6. The van der Waals surface area contributed by atoms with Crippen LogP contribution in [0.1, 0.15) is 59.4 Å². The van der Waals surface area contributed by atoms with E-state index in [9.17, 15) is 13.9 Å². The molecule has 1 aromatic heterocycles. The average molecular weight is 313 g/mol. The molecule has 0 unspecified atom stereocenters. The minimum atomic E-state index is -2.53. The van der Waals surface area contributed by atoms with Crippen LogP contribution >= 0.6 is 0 Å². The van der Waals surface area contributed by atoms with Crippen molar-refractivity contribution in [3.8, 4) is 0 Å². The fourth-order valence-corrected chi connectivity index (χ4v) is 2.26. The molecule has 0 atom stereocenters. The molecule has 0 amide bonds. The molecule has 1 aliphatic rings. The van der Waals surface area contributed by atoms with Crippen molar-refractivity contribution in [2.75, 3.05) is 0 Å². The molecular formula is C15H24BF2N2O2. The maximum absolute atomic E-state index is 13.2. The third-order valence-electron chi connectivity index (χ3n) is 4.65. The molecule has 4 nitrogen and oxygen atoms in total. The van der Waals surface area contributed by atoms with E-state index in [1.54, 1.807) is 52.3 Å². The van der Waals surface area contributed by atoms with Gasteiger partial charge in [0, 0.05) is 25.2 Å². The van der Waals surface area contributed by atoms with Gasteiger partial charge in [0.05, 0.1) is 17.2 Å². The summed E-state index contributed by atoms with van der Waals surface area (Å²) in [4.78, 5) is 0. The Morgan fingerprint density at radius 1 is 1.32 bits per heavy atom. The molecule has 1 aromatic rings. The minimum absolute atomic E-state index is 0.0177. The lowest BCUT2D eigenvalue weighted by molar-refractivity contribution is -0.0893. The van der Waals surface area contributed by atoms with Gasteiger partial charge in [-0.2, -0.15) is 5.10 Å². The van der Waals surface area contributed by atoms with Crippen molar-refractivity contribution in [2.45, 2.75) is 76.5 Å². The summed E-state index contributed by atoms with van der Waals surface area (Å²) in [6, 6.07) is 0.0177. The Morgan fingerprint density at radius 3 is 2.45 bits per heavy atom. The van der Waals surface area contributed by atoms with Crippen LogP contribution in [0.2, 0.25) is 0 Å². The van der Waals surface area contributed by atoms with Gasteiger partial charge in [-0.15, -0.1) is 0 Å². The topological polar surface area (TPSA) is 47.3 Å². The van der Waals surface area contributed by atoms with Crippen LogP contribution in [0.25, 0.3) is 0 Å². The standard InChI is InChI=1S/C15H24BF2N2O2/c1-13(2,21)14(3,4)22-16-11-9-19-20(10-11)12-5-7-15(17,18)8-6-12/h9-10,12,21H,5-8H2,1-4H3. The van der Waals surface area contributed by atoms with Crippen LogP contribution < -0.4 is 5.46 Å². The quantitative estimate of drug-likeness (QED) is 0.850. The molecule has 0 spiro atoms. The lowest BCUT2D eigenvalue weighted by Gasteiger charge is -2.37. The van der Waals surface area contributed by atoms with Gasteiger partial charge in [0.15, 0.2) is 0 Å². The van der Waals surface area contributed by atoms with Crippen molar-refractivity contribution in [1.82, 2.24) is 9.78 Å². The molecule has 22 heavy (non-hydrogen) atoms. The molecule has 1 heterocycles. The molecule has 0 saturated heterocycles. The molecular weight excluding hydrogens is 289 g/mol. The Morgan fingerprint density at radius 2 is 1.91 bits per heavy atom. The van der Waals surface area contributed by atoms with E-state index in [4.69, 9.17) is 4.65 Å². The molecule has 1 N–H and O–H groups in total. The zero-order valence-corrected chi connectivity index (χ0v) is 13.6. The molecule has 1 radical (unpaired) electrons. The predicted molar refractivity (Wildman–Crippen MR) is 81.5 cm³/mol. The van der Waals surface area contributed by atoms with Gasteiger partial charge in [-0.1, -0.05) is 0 Å². The van der Waals surface area contributed by atoms with Crippen LogP contribution in [-0.2, 0) is 4.65 Å². The highest BCUT2D eigenvalue weighted by molar-refractivity contribution is 6.46. The van der Waals surface area contributed by atoms with Crippen molar-refractivity contribution >= 4 is 12.9 Å². The number of rotatable bonds is 5. The lowest BCUT2D eigenvalue weighted by Crippen LogP contribution is -2.49. The number of halogens is 2. The maximum atomic E-state index is 13.2. The molecule has 1 aliphatic carbocycles. The second-order valence-electron chi connectivity index (χ2n) is 7.15. The highest BCUT2D eigenvalue weighted by Gasteiger charge is 2.37. The first-order chi connectivity index (χ1) is 10.0. The van der Waals surface area contributed by atoms with Crippen molar-refractivity contribution in [3.05, 3.63) is 12.4 Å². The number of hydrogen-bond acceptors (Lipinski definition) is 3. The third-order valence-corrected chi connectivity index (χ3v) is 4.65. The van der Waals surface area contributed by atoms with Crippen LogP contribution in [0, 0.1) is 0 Å². The van der Waals surface area contributed by atoms with Crippen LogP contribution in [-0.4, -0.2) is 39.5 Å². The maximum Gasteiger partial charge on any atom is 0.334 e. The molecule has 2 rings (SSSR count). The van der Waals surface area contributed by atoms with E-state index in [-0.39, 0.29) is 18.9 Å². The van der Waals surface area contributed by atoms with Crippen LogP contribution in [0.5, 0.6) is 0 Å². The van der Waals surface area contributed by atoms with Crippen molar-refractivity contribution in [3.63, 3.8) is 0 Å². The molecule has 7 heteroatoms. The Hall–Kier alpha value is -0.945. The Bertz CT molecular complexity index is 502. The molecule has 1 saturated carbocycles. The van der Waals surface area contributed by atoms with Crippen LogP contribution in [0.3, 0.4) is 0 Å². The number of aromatic nitrogens is 2. The average Bonchev–Trinajstić information content (AvgIpc) is 2.84. The van der Waals surface area contributed by atoms with Gasteiger partial charge in [-0.3, -0.25) is 4.68 Å². The van der Waals surface area contributed by atoms with E-state index in [1.165, 1.54) is 0 Å². The van der Waals surface area contributed by atoms with Crippen LogP contribution in [0.15, 0.2) is 12.4 Å². The normalized spacial score (nSPS) is 20.1. The summed E-state index contributed by atoms with van der Waals surface area (Å²) in [5.74, 6) is -2.53. The van der Waals surface area contributed by atoms with Crippen LogP contribution in [0.4, 0.5) is 8.78 Å². The summed E-state index contributed by atoms with van der Waals surface area (Å²) in [5.41, 5.74) is -0.981. The van der Waals surface area contributed by atoms with E-state index in [0.29, 0.717) is 12.8 Å². The first-order valence-electron chi connectivity index (χ1n) is 7.66. The van der Waals surface area contributed by atoms with E-state index in [2.05, 4.69) is 5.10 Å². The van der Waals surface area contributed by atoms with E-state index < -0.39 is 17.1 Å². The zero-order valence-electron chi connectivity index (χ0n) is 13.6. The van der Waals surface area contributed by atoms with Gasteiger partial charge in [-0.25, -0.2) is 8.78 Å². The highest BCUT2D eigenvalue weighted by Crippen LogP contribution is 2.37. The minimum Gasteiger partial charge on any atom is -0.427 e. The highest BCUT2D eigenvalue weighted by atomic mass is 19.3. The summed E-state index contributed by atoms with van der Waals surface area (Å²) in [6.45, 7) is 6.98. The molecule has 0 bridgehead atoms. The number of hydrogen-bond donors (Lipinski definition) is 1. The van der Waals surface area contributed by atoms with Crippen molar-refractivity contribution in [1.29, 1.82) is 0 Å². The second-order valence-corrected chi connectivity index (χ2v) is 7.15. The van der Waals surface area contributed by atoms with E-state index >= 15 is 0 Å².